The molecule has 19 heavy (non-hydrogen) atoms. The summed E-state index contributed by atoms with van der Waals surface area (Å²) in [7, 11) is 0. The average molecular weight is 293 g/mol. The van der Waals surface area contributed by atoms with Gasteiger partial charge in [-0.2, -0.15) is 0 Å². The molecule has 0 saturated carbocycles. The number of carboxylic acids is 1. The van der Waals surface area contributed by atoms with Crippen molar-refractivity contribution in [1.82, 2.24) is 4.98 Å². The van der Waals surface area contributed by atoms with E-state index < -0.39 is 5.97 Å². The van der Waals surface area contributed by atoms with E-state index in [9.17, 15) is 9.59 Å². The molecule has 0 amide bonds. The molecule has 4 nitrogen and oxygen atoms in total. The molecule has 0 aliphatic heterocycles. The average Bonchev–Trinajstić information content (AvgIpc) is 2.82. The molecule has 1 aromatic heterocycles. The first-order valence-corrected chi connectivity index (χ1v) is 7.30. The molecule has 0 saturated heterocycles. The Labute approximate surface area is 118 Å². The number of carbonyl (C=O) groups is 2. The Kier molecular flexibility index (Phi) is 4.34. The lowest BCUT2D eigenvalue weighted by Gasteiger charge is -1.97. The fraction of sp³-hybridized carbons (Fsp3) is 0.154. The summed E-state index contributed by atoms with van der Waals surface area (Å²) in [6.07, 6.45) is 0. The van der Waals surface area contributed by atoms with Crippen LogP contribution >= 0.6 is 23.1 Å². The van der Waals surface area contributed by atoms with Gasteiger partial charge >= 0.3 is 5.97 Å². The summed E-state index contributed by atoms with van der Waals surface area (Å²) in [6.45, 7) is 1.36. The second-order valence-electron chi connectivity index (χ2n) is 3.75. The van der Waals surface area contributed by atoms with Crippen LogP contribution in [0.5, 0.6) is 0 Å². The summed E-state index contributed by atoms with van der Waals surface area (Å²) < 4.78 is 0. The van der Waals surface area contributed by atoms with Gasteiger partial charge in [-0.25, -0.2) is 9.78 Å². The molecule has 0 fully saturated rings. The third-order valence-corrected chi connectivity index (χ3v) is 4.66. The summed E-state index contributed by atoms with van der Waals surface area (Å²) in [5, 5.41) is 9.65. The molecule has 0 radical (unpaired) electrons. The number of benzene rings is 1. The van der Waals surface area contributed by atoms with Gasteiger partial charge in [0, 0.05) is 11.8 Å². The largest absolute Gasteiger partial charge is 0.476 e. The fourth-order valence-electron chi connectivity index (χ4n) is 1.47. The number of carbonyl (C=O) groups excluding carboxylic acids is 1. The monoisotopic (exact) mass is 293 g/mol. The van der Waals surface area contributed by atoms with Crippen molar-refractivity contribution in [3.05, 3.63) is 45.9 Å². The number of hydrogen-bond acceptors (Lipinski definition) is 5. The van der Waals surface area contributed by atoms with Crippen LogP contribution in [-0.2, 0) is 5.75 Å². The highest BCUT2D eigenvalue weighted by Crippen LogP contribution is 2.27. The molecule has 2 aromatic rings. The molecular weight excluding hydrogens is 282 g/mol. The zero-order valence-electron chi connectivity index (χ0n) is 10.1. The minimum absolute atomic E-state index is 0.138. The second-order valence-corrected chi connectivity index (χ2v) is 5.88. The molecule has 0 unspecified atom stereocenters. The third kappa shape index (κ3) is 3.42. The van der Waals surface area contributed by atoms with E-state index in [4.69, 9.17) is 5.11 Å². The van der Waals surface area contributed by atoms with Crippen molar-refractivity contribution in [3.8, 4) is 0 Å². The highest BCUT2D eigenvalue weighted by molar-refractivity contribution is 7.98. The van der Waals surface area contributed by atoms with Crippen LogP contribution in [0.3, 0.4) is 0 Å². The number of rotatable bonds is 5. The van der Waals surface area contributed by atoms with Gasteiger partial charge in [-0.1, -0.05) is 18.2 Å². The normalized spacial score (nSPS) is 10.4. The molecule has 0 spiro atoms. The van der Waals surface area contributed by atoms with Gasteiger partial charge in [0.25, 0.3) is 0 Å². The van der Waals surface area contributed by atoms with Crippen LogP contribution in [-0.4, -0.2) is 21.8 Å². The number of aromatic carboxylic acids is 1. The lowest BCUT2D eigenvalue weighted by atomic mass is 10.3. The number of thiazole rings is 1. The quantitative estimate of drug-likeness (QED) is 0.676. The first kappa shape index (κ1) is 13.8. The Morgan fingerprint density at radius 1 is 1.32 bits per heavy atom. The van der Waals surface area contributed by atoms with Crippen LogP contribution in [0.4, 0.5) is 0 Å². The summed E-state index contributed by atoms with van der Waals surface area (Å²) in [6, 6.07) is 9.76. The Balaban J connectivity index is 2.15. The number of nitrogens with zero attached hydrogens (tertiary/aromatic N) is 1. The molecule has 0 bridgehead atoms. The fourth-order valence-corrected chi connectivity index (χ4v) is 3.33. The van der Waals surface area contributed by atoms with E-state index in [0.29, 0.717) is 10.8 Å². The molecule has 1 N–H and O–H groups in total. The van der Waals surface area contributed by atoms with Crippen LogP contribution < -0.4 is 0 Å². The number of thioether (sulfide) groups is 1. The van der Waals surface area contributed by atoms with Crippen LogP contribution in [0.15, 0.2) is 35.2 Å². The maximum absolute atomic E-state index is 11.4. The van der Waals surface area contributed by atoms with E-state index >= 15 is 0 Å². The Hall–Kier alpha value is -1.66. The van der Waals surface area contributed by atoms with Crippen LogP contribution in [0.1, 0.15) is 32.1 Å². The smallest absolute Gasteiger partial charge is 0.356 e. The number of hydrogen-bond donors (Lipinski definition) is 1. The predicted molar refractivity (Wildman–Crippen MR) is 75.1 cm³/mol. The van der Waals surface area contributed by atoms with E-state index in [-0.39, 0.29) is 16.4 Å². The Bertz CT molecular complexity index is 576. The van der Waals surface area contributed by atoms with Gasteiger partial charge < -0.3 is 5.11 Å². The standard InChI is InChI=1S/C13H11NO3S2/c1-8(15)12-11(13(16)17)14-10(19-12)7-18-9-5-3-2-4-6-9/h2-6H,7H2,1H3,(H,16,17). The third-order valence-electron chi connectivity index (χ3n) is 2.30. The van der Waals surface area contributed by atoms with Crippen molar-refractivity contribution >= 4 is 34.9 Å². The van der Waals surface area contributed by atoms with Gasteiger partial charge in [-0.3, -0.25) is 4.79 Å². The van der Waals surface area contributed by atoms with E-state index in [1.165, 1.54) is 6.92 Å². The second kappa shape index (κ2) is 5.99. The van der Waals surface area contributed by atoms with E-state index in [1.54, 1.807) is 11.8 Å². The zero-order valence-corrected chi connectivity index (χ0v) is 11.8. The maximum atomic E-state index is 11.4. The molecule has 0 atom stereocenters. The summed E-state index contributed by atoms with van der Waals surface area (Å²) in [5.41, 5.74) is -0.138. The van der Waals surface area contributed by atoms with E-state index in [2.05, 4.69) is 4.98 Å². The molecule has 0 aliphatic carbocycles. The molecular formula is C13H11NO3S2. The molecule has 2 rings (SSSR count). The molecule has 98 valence electrons. The van der Waals surface area contributed by atoms with Crippen LogP contribution in [0.25, 0.3) is 0 Å². The van der Waals surface area contributed by atoms with Gasteiger partial charge in [-0.15, -0.1) is 23.1 Å². The van der Waals surface area contributed by atoms with Gasteiger partial charge in [0.1, 0.15) is 9.88 Å². The molecule has 0 aliphatic rings. The summed E-state index contributed by atoms with van der Waals surface area (Å²) >= 11 is 2.72. The summed E-state index contributed by atoms with van der Waals surface area (Å²) in [5.74, 6) is -0.856. The number of ketones is 1. The first-order valence-electron chi connectivity index (χ1n) is 5.49. The van der Waals surface area contributed by atoms with Crippen molar-refractivity contribution < 1.29 is 14.7 Å². The SMILES string of the molecule is CC(=O)c1sc(CSc2ccccc2)nc1C(=O)O. The topological polar surface area (TPSA) is 67.3 Å². The molecule has 6 heteroatoms. The highest BCUT2D eigenvalue weighted by Gasteiger charge is 2.20. The lowest BCUT2D eigenvalue weighted by molar-refractivity contribution is 0.0687. The number of aromatic nitrogens is 1. The summed E-state index contributed by atoms with van der Waals surface area (Å²) in [4.78, 5) is 27.7. The maximum Gasteiger partial charge on any atom is 0.356 e. The Morgan fingerprint density at radius 2 is 2.00 bits per heavy atom. The van der Waals surface area contributed by atoms with Gasteiger partial charge in [0.15, 0.2) is 11.5 Å². The van der Waals surface area contributed by atoms with Gasteiger partial charge in [0.2, 0.25) is 0 Å². The minimum Gasteiger partial charge on any atom is -0.476 e. The van der Waals surface area contributed by atoms with Crippen molar-refractivity contribution in [2.24, 2.45) is 0 Å². The highest BCUT2D eigenvalue weighted by atomic mass is 32.2. The Morgan fingerprint density at radius 3 is 2.53 bits per heavy atom. The first-order chi connectivity index (χ1) is 9.08. The van der Waals surface area contributed by atoms with Gasteiger partial charge in [0.05, 0.1) is 5.75 Å². The van der Waals surface area contributed by atoms with Crippen molar-refractivity contribution in [2.75, 3.05) is 0 Å². The molecule has 1 heterocycles. The number of Topliss-reactive ketones (excluding diaryl/α,β-unsaturated/α-hetero) is 1. The van der Waals surface area contributed by atoms with Crippen LogP contribution in [0.2, 0.25) is 0 Å². The number of carboxylic acid groups (broad SMARTS) is 1. The molecule has 1 aromatic carbocycles. The van der Waals surface area contributed by atoms with Crippen molar-refractivity contribution in [2.45, 2.75) is 17.6 Å². The van der Waals surface area contributed by atoms with Crippen LogP contribution in [0, 0.1) is 0 Å². The predicted octanol–water partition coefficient (Wildman–Crippen LogP) is 3.34. The van der Waals surface area contributed by atoms with E-state index in [0.717, 1.165) is 16.2 Å². The van der Waals surface area contributed by atoms with Crippen molar-refractivity contribution in [1.29, 1.82) is 0 Å². The zero-order chi connectivity index (χ0) is 13.8. The lowest BCUT2D eigenvalue weighted by Crippen LogP contribution is -2.03. The van der Waals surface area contributed by atoms with Crippen molar-refractivity contribution in [3.63, 3.8) is 0 Å². The van der Waals surface area contributed by atoms with E-state index in [1.807, 2.05) is 30.3 Å². The van der Waals surface area contributed by atoms with Gasteiger partial charge in [-0.05, 0) is 12.1 Å². The minimum atomic E-state index is -1.16.